The fraction of sp³-hybridized carbons (Fsp3) is 0.286. The summed E-state index contributed by atoms with van der Waals surface area (Å²) in [6, 6.07) is 6.28. The molecule has 0 atom stereocenters. The average molecular weight is 447 g/mol. The van der Waals surface area contributed by atoms with Crippen LogP contribution >= 0.6 is 0 Å². The number of carbonyl (C=O) groups excluding carboxylic acids is 3. The summed E-state index contributed by atoms with van der Waals surface area (Å²) in [5.41, 5.74) is -1.82. The highest BCUT2D eigenvalue weighted by molar-refractivity contribution is 6.08. The number of nitro groups is 1. The molecule has 11 heteroatoms. The van der Waals surface area contributed by atoms with Gasteiger partial charge in [-0.15, -0.1) is 0 Å². The van der Waals surface area contributed by atoms with Crippen LogP contribution < -0.4 is 10.6 Å². The molecule has 0 aliphatic rings. The summed E-state index contributed by atoms with van der Waals surface area (Å²) in [6.45, 7) is 6.56. The van der Waals surface area contributed by atoms with Gasteiger partial charge in [0.05, 0.1) is 28.5 Å². The van der Waals surface area contributed by atoms with Gasteiger partial charge in [0.15, 0.2) is 0 Å². The molecule has 2 aromatic carbocycles. The van der Waals surface area contributed by atoms with Crippen LogP contribution in [-0.2, 0) is 9.47 Å². The number of carbonyl (C=O) groups is 3. The van der Waals surface area contributed by atoms with E-state index in [1.807, 2.05) is 0 Å². The van der Waals surface area contributed by atoms with Gasteiger partial charge in [0, 0.05) is 17.7 Å². The molecule has 0 radical (unpaired) electrons. The van der Waals surface area contributed by atoms with Crippen LogP contribution in [0, 0.1) is 15.9 Å². The van der Waals surface area contributed by atoms with Crippen molar-refractivity contribution in [3.63, 3.8) is 0 Å². The lowest BCUT2D eigenvalue weighted by molar-refractivity contribution is -0.384. The zero-order valence-electron chi connectivity index (χ0n) is 17.9. The maximum Gasteiger partial charge on any atom is 0.412 e. The summed E-state index contributed by atoms with van der Waals surface area (Å²) < 4.78 is 23.8. The molecule has 2 aromatic rings. The van der Waals surface area contributed by atoms with Crippen molar-refractivity contribution in [2.45, 2.75) is 33.3 Å². The van der Waals surface area contributed by atoms with E-state index in [4.69, 9.17) is 9.47 Å². The second-order valence-corrected chi connectivity index (χ2v) is 7.52. The van der Waals surface area contributed by atoms with Gasteiger partial charge in [0.25, 0.3) is 11.6 Å². The van der Waals surface area contributed by atoms with Crippen LogP contribution in [0.15, 0.2) is 36.4 Å². The first-order valence-corrected chi connectivity index (χ1v) is 9.47. The summed E-state index contributed by atoms with van der Waals surface area (Å²) in [6.07, 6.45) is -0.834. The molecule has 0 heterocycles. The van der Waals surface area contributed by atoms with Crippen LogP contribution in [-0.4, -0.2) is 35.1 Å². The molecule has 2 N–H and O–H groups in total. The lowest BCUT2D eigenvalue weighted by atomic mass is 10.1. The van der Waals surface area contributed by atoms with Crippen LogP contribution in [0.3, 0.4) is 0 Å². The summed E-state index contributed by atoms with van der Waals surface area (Å²) >= 11 is 0. The van der Waals surface area contributed by atoms with E-state index in [2.05, 4.69) is 10.6 Å². The van der Waals surface area contributed by atoms with Crippen LogP contribution in [0.4, 0.5) is 26.2 Å². The predicted octanol–water partition coefficient (Wildman–Crippen LogP) is 4.51. The Balaban J connectivity index is 2.36. The lowest BCUT2D eigenvalue weighted by Gasteiger charge is -2.20. The minimum atomic E-state index is -0.878. The SMILES string of the molecule is CCOC(=O)c1cc(C(=O)Nc2cc(F)ccc2NC(=O)OC(C)(C)C)cc([N+](=O)[O-])c1. The van der Waals surface area contributed by atoms with Crippen LogP contribution in [0.1, 0.15) is 48.4 Å². The largest absolute Gasteiger partial charge is 0.462 e. The van der Waals surface area contributed by atoms with E-state index in [9.17, 15) is 28.9 Å². The summed E-state index contributed by atoms with van der Waals surface area (Å²) in [5, 5.41) is 16.0. The first-order valence-electron chi connectivity index (χ1n) is 9.47. The maximum atomic E-state index is 13.8. The molecule has 0 aliphatic heterocycles. The number of non-ortho nitro benzene ring substituents is 1. The van der Waals surface area contributed by atoms with Gasteiger partial charge in [-0.2, -0.15) is 0 Å². The van der Waals surface area contributed by atoms with Gasteiger partial charge < -0.3 is 14.8 Å². The van der Waals surface area contributed by atoms with Crippen molar-refractivity contribution >= 4 is 35.0 Å². The van der Waals surface area contributed by atoms with Gasteiger partial charge in [0.2, 0.25) is 0 Å². The quantitative estimate of drug-likeness (QED) is 0.378. The number of anilines is 2. The number of esters is 1. The topological polar surface area (TPSA) is 137 Å². The standard InChI is InChI=1S/C21H22FN3O7/c1-5-31-19(27)13-8-12(9-15(10-13)25(29)30)18(26)23-17-11-14(22)6-7-16(17)24-20(28)32-21(2,3)4/h6-11H,5H2,1-4H3,(H,23,26)(H,24,28). The molecule has 0 aliphatic carbocycles. The Labute approximate surface area is 182 Å². The first-order chi connectivity index (χ1) is 14.9. The number of ether oxygens (including phenoxy) is 2. The van der Waals surface area contributed by atoms with Gasteiger partial charge >= 0.3 is 12.1 Å². The van der Waals surface area contributed by atoms with E-state index in [1.165, 1.54) is 6.07 Å². The Morgan fingerprint density at radius 2 is 1.69 bits per heavy atom. The Kier molecular flexibility index (Phi) is 7.47. The Bertz CT molecular complexity index is 1060. The predicted molar refractivity (Wildman–Crippen MR) is 113 cm³/mol. The first kappa shape index (κ1) is 24.3. The molecule has 0 unspecified atom stereocenters. The Morgan fingerprint density at radius 1 is 1.03 bits per heavy atom. The number of amides is 2. The van der Waals surface area contributed by atoms with E-state index in [-0.39, 0.29) is 29.1 Å². The zero-order chi connectivity index (χ0) is 24.1. The van der Waals surface area contributed by atoms with Crippen molar-refractivity contribution < 1.29 is 33.2 Å². The molecule has 0 aromatic heterocycles. The van der Waals surface area contributed by atoms with E-state index in [1.54, 1.807) is 27.7 Å². The second kappa shape index (κ2) is 9.86. The normalized spacial score (nSPS) is 10.8. The van der Waals surface area contributed by atoms with Crippen molar-refractivity contribution in [3.05, 3.63) is 63.5 Å². The van der Waals surface area contributed by atoms with Crippen molar-refractivity contribution in [2.24, 2.45) is 0 Å². The highest BCUT2D eigenvalue weighted by atomic mass is 19.1. The monoisotopic (exact) mass is 447 g/mol. The van der Waals surface area contributed by atoms with Crippen molar-refractivity contribution in [1.82, 2.24) is 0 Å². The van der Waals surface area contributed by atoms with Gasteiger partial charge in [-0.3, -0.25) is 20.2 Å². The minimum absolute atomic E-state index is 0.0325. The fourth-order valence-electron chi connectivity index (χ4n) is 2.52. The van der Waals surface area contributed by atoms with Gasteiger partial charge in [0.1, 0.15) is 11.4 Å². The Hall–Kier alpha value is -4.02. The number of hydrogen-bond acceptors (Lipinski definition) is 7. The smallest absolute Gasteiger partial charge is 0.412 e. The minimum Gasteiger partial charge on any atom is -0.462 e. The number of nitrogens with zero attached hydrogens (tertiary/aromatic N) is 1. The number of benzene rings is 2. The molecule has 2 rings (SSSR count). The van der Waals surface area contributed by atoms with E-state index in [0.717, 1.165) is 30.3 Å². The molecule has 0 saturated carbocycles. The molecule has 2 amide bonds. The molecule has 0 spiro atoms. The van der Waals surface area contributed by atoms with Gasteiger partial charge in [-0.05, 0) is 52.0 Å². The van der Waals surface area contributed by atoms with Gasteiger partial charge in [-0.1, -0.05) is 0 Å². The highest BCUT2D eigenvalue weighted by Gasteiger charge is 2.21. The molecular weight excluding hydrogens is 425 g/mol. The fourth-order valence-corrected chi connectivity index (χ4v) is 2.52. The second-order valence-electron chi connectivity index (χ2n) is 7.52. The lowest BCUT2D eigenvalue weighted by Crippen LogP contribution is -2.27. The molecule has 0 bridgehead atoms. The number of hydrogen-bond donors (Lipinski definition) is 2. The van der Waals surface area contributed by atoms with E-state index < -0.39 is 40.0 Å². The van der Waals surface area contributed by atoms with Crippen molar-refractivity contribution in [1.29, 1.82) is 0 Å². The highest BCUT2D eigenvalue weighted by Crippen LogP contribution is 2.26. The third kappa shape index (κ3) is 6.76. The summed E-state index contributed by atoms with van der Waals surface area (Å²) in [4.78, 5) is 47.2. The number of rotatable bonds is 6. The third-order valence-electron chi connectivity index (χ3n) is 3.77. The third-order valence-corrected chi connectivity index (χ3v) is 3.77. The Morgan fingerprint density at radius 3 is 2.28 bits per heavy atom. The molecule has 32 heavy (non-hydrogen) atoms. The summed E-state index contributed by atoms with van der Waals surface area (Å²) in [5.74, 6) is -2.43. The van der Waals surface area contributed by atoms with Crippen molar-refractivity contribution in [2.75, 3.05) is 17.2 Å². The van der Waals surface area contributed by atoms with Crippen LogP contribution in [0.25, 0.3) is 0 Å². The number of nitro benzene ring substituents is 1. The zero-order valence-corrected chi connectivity index (χ0v) is 17.9. The number of halogens is 1. The van der Waals surface area contributed by atoms with E-state index in [0.29, 0.717) is 0 Å². The van der Waals surface area contributed by atoms with E-state index >= 15 is 0 Å². The van der Waals surface area contributed by atoms with Crippen LogP contribution in [0.5, 0.6) is 0 Å². The van der Waals surface area contributed by atoms with Crippen LogP contribution in [0.2, 0.25) is 0 Å². The molecule has 170 valence electrons. The molecule has 10 nitrogen and oxygen atoms in total. The average Bonchev–Trinajstić information content (AvgIpc) is 2.68. The van der Waals surface area contributed by atoms with Crippen molar-refractivity contribution in [3.8, 4) is 0 Å². The number of nitrogens with one attached hydrogen (secondary N) is 2. The molecule has 0 fully saturated rings. The van der Waals surface area contributed by atoms with Gasteiger partial charge in [-0.25, -0.2) is 14.0 Å². The maximum absolute atomic E-state index is 13.8. The molecular formula is C21H22FN3O7. The summed E-state index contributed by atoms with van der Waals surface area (Å²) in [7, 11) is 0. The molecule has 0 saturated heterocycles.